The Kier molecular flexibility index (Phi) is 8.53. The number of carboxylic acids is 1. The molecule has 6 rings (SSSR count). The zero-order chi connectivity index (χ0) is 34.5. The first-order chi connectivity index (χ1) is 22.6. The smallest absolute Gasteiger partial charge is 0.335 e. The lowest BCUT2D eigenvalue weighted by atomic mass is 9.85. The Bertz CT molecular complexity index is 2080. The van der Waals surface area contributed by atoms with E-state index in [0.29, 0.717) is 45.5 Å². The minimum absolute atomic E-state index is 0.0715. The lowest BCUT2D eigenvalue weighted by molar-refractivity contribution is 0.0696. The van der Waals surface area contributed by atoms with Gasteiger partial charge in [-0.05, 0) is 80.7 Å². The molecule has 3 N–H and O–H groups in total. The first-order valence-electron chi connectivity index (χ1n) is 16.1. The summed E-state index contributed by atoms with van der Waals surface area (Å²) < 4.78 is 28.5. The number of fused-ring (bicyclic) bond motifs is 2. The molecule has 0 aliphatic heterocycles. The quantitative estimate of drug-likeness (QED) is 0.134. The number of carbonyl (C=O) groups is 1. The highest BCUT2D eigenvalue weighted by atomic mass is 19.1. The van der Waals surface area contributed by atoms with Crippen LogP contribution in [0.15, 0.2) is 47.4 Å². The maximum Gasteiger partial charge on any atom is 0.335 e. The first kappa shape index (κ1) is 33.1. The number of aromatic nitrogens is 4. The highest BCUT2D eigenvalue weighted by molar-refractivity contribution is 6.03. The van der Waals surface area contributed by atoms with Crippen LogP contribution in [0, 0.1) is 18.2 Å². The van der Waals surface area contributed by atoms with Gasteiger partial charge in [-0.1, -0.05) is 39.8 Å². The SMILES string of the molecule is Cc1c(F)cc2[nH]ncc2c1-c1c(C2CC2)cc2c(=O)[nH]c(OCC(C)(C)CN(C)C)nc2c1OCC(C)(C)c1ccc(C(=O)O)cc1. The van der Waals surface area contributed by atoms with Crippen LogP contribution in [0.5, 0.6) is 11.8 Å². The van der Waals surface area contributed by atoms with Crippen LogP contribution in [-0.2, 0) is 5.41 Å². The van der Waals surface area contributed by atoms with E-state index in [1.807, 2.05) is 34.0 Å². The van der Waals surface area contributed by atoms with Gasteiger partial charge in [0.25, 0.3) is 11.6 Å². The van der Waals surface area contributed by atoms with Crippen molar-refractivity contribution in [3.05, 3.63) is 81.0 Å². The van der Waals surface area contributed by atoms with Gasteiger partial charge < -0.3 is 19.5 Å². The maximum atomic E-state index is 15.6. The van der Waals surface area contributed by atoms with E-state index in [1.54, 1.807) is 37.4 Å². The molecule has 2 aromatic heterocycles. The first-order valence-corrected chi connectivity index (χ1v) is 16.1. The standard InChI is InChI=1S/C37H42FN5O5/c1-20-27(38)15-28-26(16-39-42-28)29(20)30-24(21-8-9-21)14-25-31(40-35(41-33(25)44)48-18-36(2,3)17-43(6)7)32(30)47-19-37(4,5)23-12-10-22(11-13-23)34(45)46/h10-16,21H,8-9,17-19H2,1-7H3,(H,39,42)(H,45,46)(H,40,41,44). The predicted molar refractivity (Wildman–Crippen MR) is 184 cm³/mol. The van der Waals surface area contributed by atoms with E-state index in [1.165, 1.54) is 6.07 Å². The van der Waals surface area contributed by atoms with Crippen molar-refractivity contribution < 1.29 is 23.8 Å². The molecule has 1 aliphatic carbocycles. The molecule has 11 heteroatoms. The number of aromatic carboxylic acids is 1. The topological polar surface area (TPSA) is 133 Å². The summed E-state index contributed by atoms with van der Waals surface area (Å²) in [5.74, 6) is -0.863. The van der Waals surface area contributed by atoms with Crippen LogP contribution in [-0.4, -0.2) is 70.0 Å². The van der Waals surface area contributed by atoms with Gasteiger partial charge >= 0.3 is 5.97 Å². The van der Waals surface area contributed by atoms with Gasteiger partial charge in [0.15, 0.2) is 5.75 Å². The molecule has 252 valence electrons. The van der Waals surface area contributed by atoms with E-state index in [0.717, 1.165) is 35.9 Å². The van der Waals surface area contributed by atoms with Crippen LogP contribution < -0.4 is 15.0 Å². The molecule has 1 fully saturated rings. The third-order valence-electron chi connectivity index (χ3n) is 9.01. The van der Waals surface area contributed by atoms with E-state index in [4.69, 9.17) is 14.5 Å². The Morgan fingerprint density at radius 2 is 1.75 bits per heavy atom. The van der Waals surface area contributed by atoms with Gasteiger partial charge in [-0.25, -0.2) is 9.18 Å². The van der Waals surface area contributed by atoms with Crippen LogP contribution >= 0.6 is 0 Å². The lowest BCUT2D eigenvalue weighted by Crippen LogP contribution is -2.34. The molecule has 0 saturated heterocycles. The van der Waals surface area contributed by atoms with Crippen LogP contribution in [0.25, 0.3) is 32.9 Å². The molecule has 5 aromatic rings. The molecule has 48 heavy (non-hydrogen) atoms. The summed E-state index contributed by atoms with van der Waals surface area (Å²) in [6.45, 7) is 11.1. The number of nitrogens with one attached hydrogen (secondary N) is 2. The average Bonchev–Trinajstić information content (AvgIpc) is 3.76. The van der Waals surface area contributed by atoms with Gasteiger partial charge in [0.05, 0.1) is 35.9 Å². The van der Waals surface area contributed by atoms with Crippen molar-refractivity contribution in [2.24, 2.45) is 5.41 Å². The fourth-order valence-corrected chi connectivity index (χ4v) is 6.48. The highest BCUT2D eigenvalue weighted by Gasteiger charge is 2.34. The van der Waals surface area contributed by atoms with Crippen LogP contribution in [0.2, 0.25) is 0 Å². The second-order valence-corrected chi connectivity index (χ2v) is 14.6. The monoisotopic (exact) mass is 655 g/mol. The van der Waals surface area contributed by atoms with Gasteiger partial charge in [-0.3, -0.25) is 14.9 Å². The van der Waals surface area contributed by atoms with Crippen molar-refractivity contribution in [1.82, 2.24) is 25.1 Å². The molecule has 1 saturated carbocycles. The van der Waals surface area contributed by atoms with E-state index in [-0.39, 0.29) is 40.9 Å². The molecule has 0 atom stereocenters. The summed E-state index contributed by atoms with van der Waals surface area (Å²) in [6, 6.07) is 10.1. The van der Waals surface area contributed by atoms with Crippen LogP contribution in [0.4, 0.5) is 4.39 Å². The zero-order valence-electron chi connectivity index (χ0n) is 28.5. The van der Waals surface area contributed by atoms with Gasteiger partial charge in [-0.15, -0.1) is 0 Å². The highest BCUT2D eigenvalue weighted by Crippen LogP contribution is 2.52. The second-order valence-electron chi connectivity index (χ2n) is 14.6. The van der Waals surface area contributed by atoms with Gasteiger partial charge in [0.1, 0.15) is 11.3 Å². The Morgan fingerprint density at radius 3 is 2.40 bits per heavy atom. The molecule has 10 nitrogen and oxygen atoms in total. The third kappa shape index (κ3) is 6.51. The normalized spacial score (nSPS) is 13.9. The van der Waals surface area contributed by atoms with Crippen molar-refractivity contribution in [3.63, 3.8) is 0 Å². The molecule has 0 bridgehead atoms. The van der Waals surface area contributed by atoms with Crippen LogP contribution in [0.3, 0.4) is 0 Å². The summed E-state index contributed by atoms with van der Waals surface area (Å²) in [6.07, 6.45) is 3.54. The number of halogens is 1. The molecular formula is C37H42FN5O5. The largest absolute Gasteiger partial charge is 0.490 e. The van der Waals surface area contributed by atoms with E-state index in [9.17, 15) is 14.7 Å². The van der Waals surface area contributed by atoms with E-state index < -0.39 is 11.4 Å². The molecule has 0 amide bonds. The van der Waals surface area contributed by atoms with Crippen molar-refractivity contribution in [2.45, 2.75) is 58.8 Å². The summed E-state index contributed by atoms with van der Waals surface area (Å²) >= 11 is 0. The number of rotatable bonds is 12. The predicted octanol–water partition coefficient (Wildman–Crippen LogP) is 6.81. The van der Waals surface area contributed by atoms with Gasteiger partial charge in [0, 0.05) is 33.9 Å². The Hall–Kier alpha value is -4.77. The summed E-state index contributed by atoms with van der Waals surface area (Å²) in [4.78, 5) is 35.0. The van der Waals surface area contributed by atoms with Crippen LogP contribution in [0.1, 0.15) is 73.5 Å². The maximum absolute atomic E-state index is 15.6. The molecule has 1 aliphatic rings. The molecule has 2 heterocycles. The summed E-state index contributed by atoms with van der Waals surface area (Å²) in [5, 5.41) is 17.6. The second kappa shape index (κ2) is 12.4. The number of hydrogen-bond donors (Lipinski definition) is 3. The van der Waals surface area contributed by atoms with Gasteiger partial charge in [-0.2, -0.15) is 10.1 Å². The number of hydrogen-bond acceptors (Lipinski definition) is 7. The molecule has 0 radical (unpaired) electrons. The minimum atomic E-state index is -1.00. The van der Waals surface area contributed by atoms with E-state index >= 15 is 4.39 Å². The minimum Gasteiger partial charge on any atom is -0.490 e. The molecule has 3 aromatic carbocycles. The number of carboxylic acid groups (broad SMARTS) is 1. The Balaban J connectivity index is 1.55. The Morgan fingerprint density at radius 1 is 1.04 bits per heavy atom. The van der Waals surface area contributed by atoms with Crippen molar-refractivity contribution in [2.75, 3.05) is 33.9 Å². The van der Waals surface area contributed by atoms with Gasteiger partial charge in [0.2, 0.25) is 0 Å². The lowest BCUT2D eigenvalue weighted by Gasteiger charge is -2.28. The summed E-state index contributed by atoms with van der Waals surface area (Å²) in [5.41, 5.74) is 3.40. The number of nitrogens with zero attached hydrogens (tertiary/aromatic N) is 3. The fraction of sp³-hybridized carbons (Fsp3) is 0.405. The fourth-order valence-electron chi connectivity index (χ4n) is 6.48. The molecule has 0 spiro atoms. The molecule has 0 unspecified atom stereocenters. The Labute approximate surface area is 278 Å². The number of benzene rings is 3. The number of ether oxygens (including phenoxy) is 2. The van der Waals surface area contributed by atoms with Crippen molar-refractivity contribution in [1.29, 1.82) is 0 Å². The average molecular weight is 656 g/mol. The summed E-state index contributed by atoms with van der Waals surface area (Å²) in [7, 11) is 3.99. The third-order valence-corrected chi connectivity index (χ3v) is 9.01. The number of H-pyrrole nitrogens is 2. The van der Waals surface area contributed by atoms with Crippen molar-refractivity contribution >= 4 is 27.8 Å². The van der Waals surface area contributed by atoms with Crippen molar-refractivity contribution in [3.8, 4) is 22.9 Å². The molecular weight excluding hydrogens is 613 g/mol. The number of aromatic amines is 2. The zero-order valence-corrected chi connectivity index (χ0v) is 28.5. The van der Waals surface area contributed by atoms with E-state index in [2.05, 4.69) is 33.9 Å².